The zero-order valence-electron chi connectivity index (χ0n) is 12.6. The van der Waals surface area contributed by atoms with Crippen molar-refractivity contribution in [3.05, 3.63) is 46.4 Å². The van der Waals surface area contributed by atoms with Crippen LogP contribution in [-0.4, -0.2) is 38.4 Å². The van der Waals surface area contributed by atoms with Gasteiger partial charge in [0, 0.05) is 18.3 Å². The quantitative estimate of drug-likeness (QED) is 0.591. The van der Waals surface area contributed by atoms with E-state index >= 15 is 0 Å². The second-order valence-electron chi connectivity index (χ2n) is 4.80. The summed E-state index contributed by atoms with van der Waals surface area (Å²) in [6.07, 6.45) is -1.16. The van der Waals surface area contributed by atoms with Crippen LogP contribution < -0.4 is 10.1 Å². The number of ether oxygens (including phenoxy) is 1. The van der Waals surface area contributed by atoms with Gasteiger partial charge in [0.05, 0.1) is 4.92 Å². The molecule has 9 nitrogen and oxygen atoms in total. The molecule has 12 heteroatoms. The predicted octanol–water partition coefficient (Wildman–Crippen LogP) is 1.44. The first-order valence-corrected chi connectivity index (χ1v) is 6.81. The van der Waals surface area contributed by atoms with Crippen LogP contribution in [0.2, 0.25) is 0 Å². The van der Waals surface area contributed by atoms with E-state index in [4.69, 9.17) is 0 Å². The number of rotatable bonds is 7. The zero-order chi connectivity index (χ0) is 18.4. The van der Waals surface area contributed by atoms with Crippen molar-refractivity contribution in [2.75, 3.05) is 6.61 Å². The van der Waals surface area contributed by atoms with Crippen LogP contribution in [0.5, 0.6) is 5.88 Å². The maximum Gasteiger partial charge on any atom is 0.422 e. The summed E-state index contributed by atoms with van der Waals surface area (Å²) in [6, 6.07) is 2.94. The van der Waals surface area contributed by atoms with E-state index in [2.05, 4.69) is 20.1 Å². The second-order valence-corrected chi connectivity index (χ2v) is 4.80. The molecule has 2 rings (SSSR count). The van der Waals surface area contributed by atoms with Crippen LogP contribution in [-0.2, 0) is 17.9 Å². The third-order valence-electron chi connectivity index (χ3n) is 2.83. The summed E-state index contributed by atoms with van der Waals surface area (Å²) in [6.45, 7) is -1.90. The Kier molecular flexibility index (Phi) is 5.52. The molecule has 0 spiro atoms. The Bertz CT molecular complexity index is 762. The third-order valence-corrected chi connectivity index (χ3v) is 2.83. The van der Waals surface area contributed by atoms with Gasteiger partial charge in [-0.15, -0.1) is 0 Å². The fourth-order valence-electron chi connectivity index (χ4n) is 1.77. The zero-order valence-corrected chi connectivity index (χ0v) is 12.6. The number of hydrogen-bond acceptors (Lipinski definition) is 6. The number of aromatic nitrogens is 3. The normalized spacial score (nSPS) is 11.2. The van der Waals surface area contributed by atoms with E-state index in [1.807, 2.05) is 0 Å². The van der Waals surface area contributed by atoms with Crippen LogP contribution in [0.25, 0.3) is 0 Å². The minimum absolute atomic E-state index is 0.122. The molecule has 0 unspecified atom stereocenters. The summed E-state index contributed by atoms with van der Waals surface area (Å²) in [5.41, 5.74) is -0.00515. The van der Waals surface area contributed by atoms with E-state index < -0.39 is 23.6 Å². The molecule has 2 heterocycles. The standard InChI is InChI=1S/C13H12F3N5O4/c14-13(15,16)8-25-12-9(2-1-3-17-12)4-18-11(22)7-20-6-10(5-19-20)21(23)24/h1-3,5-6H,4,7-8H2,(H,18,22). The highest BCUT2D eigenvalue weighted by Crippen LogP contribution is 2.19. The maximum absolute atomic E-state index is 12.2. The predicted molar refractivity (Wildman–Crippen MR) is 76.5 cm³/mol. The Hall–Kier alpha value is -3.18. The van der Waals surface area contributed by atoms with Gasteiger partial charge in [0.15, 0.2) is 6.61 Å². The van der Waals surface area contributed by atoms with Crippen LogP contribution in [0.3, 0.4) is 0 Å². The summed E-state index contributed by atoms with van der Waals surface area (Å²) in [4.78, 5) is 25.4. The van der Waals surface area contributed by atoms with E-state index in [0.29, 0.717) is 0 Å². The monoisotopic (exact) mass is 359 g/mol. The van der Waals surface area contributed by atoms with Crippen molar-refractivity contribution in [1.82, 2.24) is 20.1 Å². The maximum atomic E-state index is 12.2. The lowest BCUT2D eigenvalue weighted by Gasteiger charge is -2.12. The molecular weight excluding hydrogens is 347 g/mol. The highest BCUT2D eigenvalue weighted by molar-refractivity contribution is 5.75. The number of carbonyl (C=O) groups excluding carboxylic acids is 1. The average molecular weight is 359 g/mol. The fourth-order valence-corrected chi connectivity index (χ4v) is 1.77. The van der Waals surface area contributed by atoms with Crippen LogP contribution in [0.15, 0.2) is 30.7 Å². The number of pyridine rings is 1. The number of nitrogens with zero attached hydrogens (tertiary/aromatic N) is 4. The molecule has 1 amide bonds. The molecule has 25 heavy (non-hydrogen) atoms. The fraction of sp³-hybridized carbons (Fsp3) is 0.308. The minimum atomic E-state index is -4.51. The van der Waals surface area contributed by atoms with Crippen LogP contribution in [0.1, 0.15) is 5.56 Å². The molecule has 0 saturated carbocycles. The highest BCUT2D eigenvalue weighted by atomic mass is 19.4. The molecule has 134 valence electrons. The summed E-state index contributed by atoms with van der Waals surface area (Å²) in [5, 5.41) is 16.6. The van der Waals surface area contributed by atoms with Crippen molar-refractivity contribution in [3.8, 4) is 5.88 Å². The molecule has 0 radical (unpaired) electrons. The molecule has 0 saturated heterocycles. The summed E-state index contributed by atoms with van der Waals surface area (Å²) in [7, 11) is 0. The van der Waals surface area contributed by atoms with E-state index in [1.54, 1.807) is 0 Å². The average Bonchev–Trinajstić information content (AvgIpc) is 2.99. The number of nitrogens with one attached hydrogen (secondary N) is 1. The molecule has 0 bridgehead atoms. The smallest absolute Gasteiger partial charge is 0.422 e. The van der Waals surface area contributed by atoms with Crippen molar-refractivity contribution in [2.24, 2.45) is 0 Å². The molecule has 0 aliphatic carbocycles. The first kappa shape index (κ1) is 18.2. The Balaban J connectivity index is 1.91. The molecule has 0 aliphatic rings. The largest absolute Gasteiger partial charge is 0.468 e. The lowest BCUT2D eigenvalue weighted by molar-refractivity contribution is -0.385. The van der Waals surface area contributed by atoms with Gasteiger partial charge < -0.3 is 10.1 Å². The highest BCUT2D eigenvalue weighted by Gasteiger charge is 2.29. The number of alkyl halides is 3. The van der Waals surface area contributed by atoms with Crippen molar-refractivity contribution in [1.29, 1.82) is 0 Å². The lowest BCUT2D eigenvalue weighted by atomic mass is 10.2. The Labute approximate surface area is 138 Å². The molecule has 0 aliphatic heterocycles. The third kappa shape index (κ3) is 5.75. The number of hydrogen-bond donors (Lipinski definition) is 1. The molecule has 1 N–H and O–H groups in total. The van der Waals surface area contributed by atoms with Crippen molar-refractivity contribution < 1.29 is 27.6 Å². The van der Waals surface area contributed by atoms with Gasteiger partial charge in [-0.3, -0.25) is 19.6 Å². The Morgan fingerprint density at radius 2 is 2.20 bits per heavy atom. The van der Waals surface area contributed by atoms with E-state index in [1.165, 1.54) is 18.3 Å². The van der Waals surface area contributed by atoms with Crippen molar-refractivity contribution >= 4 is 11.6 Å². The molecular formula is C13H12F3N5O4. The summed E-state index contributed by atoms with van der Waals surface area (Å²) < 4.78 is 42.3. The van der Waals surface area contributed by atoms with Crippen molar-refractivity contribution in [2.45, 2.75) is 19.3 Å². The Morgan fingerprint density at radius 1 is 1.44 bits per heavy atom. The van der Waals surface area contributed by atoms with Crippen LogP contribution in [0.4, 0.5) is 18.9 Å². The molecule has 0 fully saturated rings. The first-order chi connectivity index (χ1) is 11.7. The summed E-state index contributed by atoms with van der Waals surface area (Å²) in [5.74, 6) is -0.779. The molecule has 2 aromatic rings. The SMILES string of the molecule is O=C(Cn1cc([N+](=O)[O-])cn1)NCc1cccnc1OCC(F)(F)F. The van der Waals surface area contributed by atoms with Gasteiger partial charge in [0.1, 0.15) is 18.9 Å². The van der Waals surface area contributed by atoms with E-state index in [-0.39, 0.29) is 30.2 Å². The number of halogens is 3. The summed E-state index contributed by atoms with van der Waals surface area (Å²) >= 11 is 0. The number of amides is 1. The minimum Gasteiger partial charge on any atom is -0.468 e. The van der Waals surface area contributed by atoms with Gasteiger partial charge in [-0.05, 0) is 6.07 Å². The second kappa shape index (κ2) is 7.59. The van der Waals surface area contributed by atoms with Crippen molar-refractivity contribution in [3.63, 3.8) is 0 Å². The van der Waals surface area contributed by atoms with Crippen LogP contribution >= 0.6 is 0 Å². The van der Waals surface area contributed by atoms with Gasteiger partial charge in [-0.25, -0.2) is 4.98 Å². The van der Waals surface area contributed by atoms with Gasteiger partial charge in [0.25, 0.3) is 0 Å². The number of carbonyl (C=O) groups is 1. The molecule has 2 aromatic heterocycles. The van der Waals surface area contributed by atoms with Gasteiger partial charge >= 0.3 is 11.9 Å². The van der Waals surface area contributed by atoms with Gasteiger partial charge in [-0.1, -0.05) is 6.07 Å². The molecule has 0 aromatic carbocycles. The van der Waals surface area contributed by atoms with Gasteiger partial charge in [0.2, 0.25) is 11.8 Å². The van der Waals surface area contributed by atoms with E-state index in [0.717, 1.165) is 17.1 Å². The number of nitro groups is 1. The first-order valence-electron chi connectivity index (χ1n) is 6.81. The Morgan fingerprint density at radius 3 is 2.84 bits per heavy atom. The van der Waals surface area contributed by atoms with Crippen LogP contribution in [0, 0.1) is 10.1 Å². The molecule has 0 atom stereocenters. The topological polar surface area (TPSA) is 112 Å². The van der Waals surface area contributed by atoms with Gasteiger partial charge in [-0.2, -0.15) is 18.3 Å². The lowest BCUT2D eigenvalue weighted by Crippen LogP contribution is -2.28. The van der Waals surface area contributed by atoms with E-state index in [9.17, 15) is 28.1 Å².